The molecule has 1 aromatic carbocycles. The number of rotatable bonds is 3. The summed E-state index contributed by atoms with van der Waals surface area (Å²) >= 11 is 0. The van der Waals surface area contributed by atoms with Crippen molar-refractivity contribution in [1.29, 1.82) is 0 Å². The maximum atomic E-state index is 13.8. The number of halogens is 2. The zero-order valence-corrected chi connectivity index (χ0v) is 13.4. The molecule has 1 spiro atoms. The summed E-state index contributed by atoms with van der Waals surface area (Å²) in [7, 11) is 0. The Balaban J connectivity index is 1.50. The number of amides is 2. The summed E-state index contributed by atoms with van der Waals surface area (Å²) in [5.74, 6) is -5.93. The number of ether oxygens (including phenoxy) is 2. The van der Waals surface area contributed by atoms with Gasteiger partial charge in [0.25, 0.3) is 11.8 Å². The largest absolute Gasteiger partial charge is 0.347 e. The predicted molar refractivity (Wildman–Crippen MR) is 79.8 cm³/mol. The molecule has 8 heteroatoms. The molecule has 2 heterocycles. The van der Waals surface area contributed by atoms with Crippen molar-refractivity contribution in [3.8, 4) is 0 Å². The monoisotopic (exact) mass is 353 g/mol. The van der Waals surface area contributed by atoms with Gasteiger partial charge < -0.3 is 9.47 Å². The van der Waals surface area contributed by atoms with Crippen LogP contribution in [-0.4, -0.2) is 48.4 Å². The number of imide groups is 1. The van der Waals surface area contributed by atoms with Crippen molar-refractivity contribution in [3.63, 3.8) is 0 Å². The lowest BCUT2D eigenvalue weighted by molar-refractivity contribution is -0.264. The third-order valence-electron chi connectivity index (χ3n) is 4.94. The Labute approximate surface area is 142 Å². The lowest BCUT2D eigenvalue weighted by Crippen LogP contribution is -2.50. The molecule has 0 radical (unpaired) electrons. The van der Waals surface area contributed by atoms with Gasteiger partial charge in [0.05, 0.1) is 30.9 Å². The number of carbonyl (C=O) groups excluding carboxylic acids is 2. The molecule has 2 fully saturated rings. The van der Waals surface area contributed by atoms with Crippen LogP contribution in [0.2, 0.25) is 0 Å². The van der Waals surface area contributed by atoms with Gasteiger partial charge in [-0.05, 0) is 12.1 Å². The minimum atomic E-state index is -2.85. The van der Waals surface area contributed by atoms with Gasteiger partial charge in [-0.25, -0.2) is 8.78 Å². The average Bonchev–Trinajstić information content (AvgIpc) is 3.15. The summed E-state index contributed by atoms with van der Waals surface area (Å²) in [6.45, 7) is 0.394. The van der Waals surface area contributed by atoms with Gasteiger partial charge >= 0.3 is 0 Å². The number of hydrogen-bond acceptors (Lipinski definition) is 5. The molecular weight excluding hydrogens is 336 g/mol. The van der Waals surface area contributed by atoms with Gasteiger partial charge in [0.1, 0.15) is 0 Å². The van der Waals surface area contributed by atoms with Gasteiger partial charge in [-0.1, -0.05) is 12.1 Å². The van der Waals surface area contributed by atoms with Crippen molar-refractivity contribution < 1.29 is 32.7 Å². The van der Waals surface area contributed by atoms with E-state index in [2.05, 4.69) is 0 Å². The molecule has 2 aliphatic heterocycles. The van der Waals surface area contributed by atoms with Crippen LogP contribution < -0.4 is 0 Å². The van der Waals surface area contributed by atoms with E-state index in [9.17, 15) is 18.4 Å². The highest BCUT2D eigenvalue weighted by atomic mass is 19.3. The number of fused-ring (bicyclic) bond motifs is 1. The van der Waals surface area contributed by atoms with Crippen LogP contribution in [0.25, 0.3) is 0 Å². The lowest BCUT2D eigenvalue weighted by atomic mass is 9.81. The van der Waals surface area contributed by atoms with Gasteiger partial charge in [0.2, 0.25) is 5.92 Å². The number of nitrogens with zero attached hydrogens (tertiary/aromatic N) is 1. The SMILES string of the molecule is O=C1c2ccccc2C(=O)N1OCC1CC(F)(F)CCC12OCCO2. The van der Waals surface area contributed by atoms with E-state index in [0.717, 1.165) is 0 Å². The van der Waals surface area contributed by atoms with Crippen LogP contribution in [0.4, 0.5) is 8.78 Å². The molecule has 2 amide bonds. The summed E-state index contributed by atoms with van der Waals surface area (Å²) in [4.78, 5) is 29.9. The quantitative estimate of drug-likeness (QED) is 0.781. The Morgan fingerprint density at radius 2 is 1.68 bits per heavy atom. The number of hydroxylamine groups is 2. The summed E-state index contributed by atoms with van der Waals surface area (Å²) < 4.78 is 38.9. The van der Waals surface area contributed by atoms with Crippen molar-refractivity contribution in [2.45, 2.75) is 31.0 Å². The normalized spacial score (nSPS) is 27.1. The van der Waals surface area contributed by atoms with Crippen molar-refractivity contribution in [1.82, 2.24) is 5.06 Å². The Hall–Kier alpha value is -1.90. The molecule has 134 valence electrons. The standard InChI is InChI=1S/C17H17F2NO5/c18-16(19)5-6-17(23-7-8-24-17)11(9-16)10-25-20-14(21)12-3-1-2-4-13(12)15(20)22/h1-4,11H,5-10H2. The summed E-state index contributed by atoms with van der Waals surface area (Å²) in [5, 5.41) is 0.639. The van der Waals surface area contributed by atoms with Gasteiger partial charge in [-0.3, -0.25) is 14.4 Å². The number of carbonyl (C=O) groups is 2. The number of hydrogen-bond donors (Lipinski definition) is 0. The van der Waals surface area contributed by atoms with Gasteiger partial charge in [0.15, 0.2) is 5.79 Å². The number of benzene rings is 1. The second-order valence-electron chi connectivity index (χ2n) is 6.51. The maximum Gasteiger partial charge on any atom is 0.285 e. The van der Waals surface area contributed by atoms with E-state index in [1.807, 2.05) is 0 Å². The van der Waals surface area contributed by atoms with Gasteiger partial charge in [0, 0.05) is 25.2 Å². The fourth-order valence-corrected chi connectivity index (χ4v) is 3.66. The maximum absolute atomic E-state index is 13.8. The Morgan fingerprint density at radius 3 is 2.28 bits per heavy atom. The van der Waals surface area contributed by atoms with E-state index in [0.29, 0.717) is 18.3 Å². The molecular formula is C17H17F2NO5. The minimum absolute atomic E-state index is 0.0517. The van der Waals surface area contributed by atoms with E-state index in [1.165, 1.54) is 12.1 Å². The number of alkyl halides is 2. The zero-order valence-electron chi connectivity index (χ0n) is 13.4. The van der Waals surface area contributed by atoms with Gasteiger partial charge in [-0.15, -0.1) is 5.06 Å². The molecule has 1 atom stereocenters. The van der Waals surface area contributed by atoms with Crippen molar-refractivity contribution >= 4 is 11.8 Å². The smallest absolute Gasteiger partial charge is 0.285 e. The predicted octanol–water partition coefficient (Wildman–Crippen LogP) is 2.39. The van der Waals surface area contributed by atoms with Crippen molar-refractivity contribution in [2.75, 3.05) is 19.8 Å². The average molecular weight is 353 g/mol. The first kappa shape index (κ1) is 16.6. The van der Waals surface area contributed by atoms with E-state index < -0.39 is 35.9 Å². The van der Waals surface area contributed by atoms with Crippen molar-refractivity contribution in [2.24, 2.45) is 5.92 Å². The Bertz CT molecular complexity index is 682. The first-order chi connectivity index (χ1) is 11.9. The van der Waals surface area contributed by atoms with Crippen LogP contribution in [0, 0.1) is 5.92 Å². The molecule has 1 saturated heterocycles. The summed E-state index contributed by atoms with van der Waals surface area (Å²) in [6, 6.07) is 6.34. The van der Waals surface area contributed by atoms with E-state index in [4.69, 9.17) is 14.3 Å². The molecule has 1 unspecified atom stereocenters. The molecule has 1 aromatic rings. The summed E-state index contributed by atoms with van der Waals surface area (Å²) in [5.41, 5.74) is 0.481. The molecule has 0 N–H and O–H groups in total. The molecule has 0 bridgehead atoms. The fraction of sp³-hybridized carbons (Fsp3) is 0.529. The third-order valence-corrected chi connectivity index (χ3v) is 4.94. The minimum Gasteiger partial charge on any atom is -0.347 e. The second-order valence-corrected chi connectivity index (χ2v) is 6.51. The third kappa shape index (κ3) is 2.74. The van der Waals surface area contributed by atoms with Crippen molar-refractivity contribution in [3.05, 3.63) is 35.4 Å². The summed E-state index contributed by atoms with van der Waals surface area (Å²) in [6.07, 6.45) is -0.747. The fourth-order valence-electron chi connectivity index (χ4n) is 3.66. The van der Waals surface area contributed by atoms with Gasteiger partial charge in [-0.2, -0.15) is 0 Å². The molecule has 3 aliphatic rings. The second kappa shape index (κ2) is 5.82. The first-order valence-electron chi connectivity index (χ1n) is 8.18. The molecule has 0 aromatic heterocycles. The lowest BCUT2D eigenvalue weighted by Gasteiger charge is -2.42. The van der Waals surface area contributed by atoms with Crippen LogP contribution in [0.3, 0.4) is 0 Å². The highest BCUT2D eigenvalue weighted by Gasteiger charge is 2.54. The highest BCUT2D eigenvalue weighted by Crippen LogP contribution is 2.47. The first-order valence-corrected chi connectivity index (χ1v) is 8.18. The Morgan fingerprint density at radius 1 is 1.08 bits per heavy atom. The molecule has 1 saturated carbocycles. The molecule has 6 nitrogen and oxygen atoms in total. The van der Waals surface area contributed by atoms with E-state index >= 15 is 0 Å². The molecule has 25 heavy (non-hydrogen) atoms. The Kier molecular flexibility index (Phi) is 3.86. The van der Waals surface area contributed by atoms with Crippen LogP contribution in [0.15, 0.2) is 24.3 Å². The van der Waals surface area contributed by atoms with Crippen LogP contribution in [0.5, 0.6) is 0 Å². The zero-order chi connectivity index (χ0) is 17.7. The van der Waals surface area contributed by atoms with E-state index in [-0.39, 0.29) is 30.6 Å². The van der Waals surface area contributed by atoms with Crippen LogP contribution >= 0.6 is 0 Å². The van der Waals surface area contributed by atoms with Crippen LogP contribution in [0.1, 0.15) is 40.0 Å². The molecule has 1 aliphatic carbocycles. The van der Waals surface area contributed by atoms with Crippen LogP contribution in [-0.2, 0) is 14.3 Å². The molecule has 4 rings (SSSR count). The topological polar surface area (TPSA) is 65.1 Å². The highest BCUT2D eigenvalue weighted by molar-refractivity contribution is 6.20. The van der Waals surface area contributed by atoms with E-state index in [1.54, 1.807) is 12.1 Å².